The molecule has 7 heteroatoms. The molecule has 2 N–H and O–H groups in total. The Morgan fingerprint density at radius 2 is 2.17 bits per heavy atom. The fourth-order valence-corrected chi connectivity index (χ4v) is 2.51. The number of nitrogens with two attached hydrogens (primary N) is 1. The average molecular weight is 278 g/mol. The predicted molar refractivity (Wildman–Crippen MR) is 71.9 cm³/mol. The highest BCUT2D eigenvalue weighted by atomic mass is 35.5. The van der Waals surface area contributed by atoms with Crippen molar-refractivity contribution in [3.05, 3.63) is 40.0 Å². The zero-order valence-corrected chi connectivity index (χ0v) is 10.7. The lowest BCUT2D eigenvalue weighted by Crippen LogP contribution is -1.98. The maximum atomic E-state index is 6.17. The van der Waals surface area contributed by atoms with Gasteiger partial charge in [0.05, 0.1) is 10.7 Å². The standard InChI is InChI=1S/C11H8ClN5S/c12-10-5-7(13)1-2-9(10)11-14-15-16-17(11)8-3-4-18-6-8/h1-6H,13H2. The number of anilines is 1. The van der Waals surface area contributed by atoms with Gasteiger partial charge in [0, 0.05) is 16.6 Å². The third-order valence-electron chi connectivity index (χ3n) is 2.45. The number of aromatic nitrogens is 4. The lowest BCUT2D eigenvalue weighted by Gasteiger charge is -2.05. The van der Waals surface area contributed by atoms with E-state index in [9.17, 15) is 0 Å². The molecule has 3 rings (SSSR count). The molecule has 5 nitrogen and oxygen atoms in total. The molecule has 0 amide bonds. The van der Waals surface area contributed by atoms with Gasteiger partial charge >= 0.3 is 0 Å². The van der Waals surface area contributed by atoms with Crippen molar-refractivity contribution in [1.82, 2.24) is 20.2 Å². The predicted octanol–water partition coefficient (Wildman–Crippen LogP) is 2.63. The van der Waals surface area contributed by atoms with Crippen molar-refractivity contribution in [3.8, 4) is 17.1 Å². The van der Waals surface area contributed by atoms with Crippen molar-refractivity contribution < 1.29 is 0 Å². The van der Waals surface area contributed by atoms with Crippen molar-refractivity contribution in [3.63, 3.8) is 0 Å². The summed E-state index contributed by atoms with van der Waals surface area (Å²) in [6.45, 7) is 0. The van der Waals surface area contributed by atoms with Crippen molar-refractivity contribution in [2.45, 2.75) is 0 Å². The number of hydrogen-bond donors (Lipinski definition) is 1. The first-order chi connectivity index (χ1) is 8.75. The molecule has 0 fully saturated rings. The van der Waals surface area contributed by atoms with E-state index in [1.165, 1.54) is 0 Å². The second-order valence-electron chi connectivity index (χ2n) is 3.64. The Morgan fingerprint density at radius 1 is 1.28 bits per heavy atom. The summed E-state index contributed by atoms with van der Waals surface area (Å²) >= 11 is 7.75. The van der Waals surface area contributed by atoms with Crippen LogP contribution in [0.1, 0.15) is 0 Å². The minimum Gasteiger partial charge on any atom is -0.399 e. The van der Waals surface area contributed by atoms with Crippen LogP contribution in [0.2, 0.25) is 5.02 Å². The average Bonchev–Trinajstić information content (AvgIpc) is 2.98. The molecule has 0 saturated carbocycles. The van der Waals surface area contributed by atoms with Crippen LogP contribution in [0.3, 0.4) is 0 Å². The fourth-order valence-electron chi connectivity index (χ4n) is 1.62. The fraction of sp³-hybridized carbons (Fsp3) is 0. The van der Waals surface area contributed by atoms with Crippen LogP contribution in [-0.4, -0.2) is 20.2 Å². The minimum absolute atomic E-state index is 0.529. The quantitative estimate of drug-likeness (QED) is 0.731. The number of nitrogens with zero attached hydrogens (tertiary/aromatic N) is 4. The first-order valence-electron chi connectivity index (χ1n) is 5.12. The van der Waals surface area contributed by atoms with Gasteiger partial charge < -0.3 is 5.73 Å². The van der Waals surface area contributed by atoms with Gasteiger partial charge in [-0.1, -0.05) is 11.6 Å². The second kappa shape index (κ2) is 4.40. The van der Waals surface area contributed by atoms with E-state index < -0.39 is 0 Å². The summed E-state index contributed by atoms with van der Waals surface area (Å²) in [7, 11) is 0. The molecule has 3 aromatic rings. The summed E-state index contributed by atoms with van der Waals surface area (Å²) < 4.78 is 1.65. The smallest absolute Gasteiger partial charge is 0.188 e. The lowest BCUT2D eigenvalue weighted by molar-refractivity contribution is 0.793. The number of hydrogen-bond acceptors (Lipinski definition) is 5. The van der Waals surface area contributed by atoms with Gasteiger partial charge in [0.15, 0.2) is 5.82 Å². The molecule has 18 heavy (non-hydrogen) atoms. The molecule has 0 radical (unpaired) electrons. The van der Waals surface area contributed by atoms with E-state index in [2.05, 4.69) is 15.5 Å². The van der Waals surface area contributed by atoms with Crippen LogP contribution in [0.15, 0.2) is 35.0 Å². The molecule has 0 atom stereocenters. The van der Waals surface area contributed by atoms with Gasteiger partial charge in [-0.3, -0.25) is 0 Å². The molecule has 2 heterocycles. The van der Waals surface area contributed by atoms with Gasteiger partial charge in [0.25, 0.3) is 0 Å². The number of benzene rings is 1. The van der Waals surface area contributed by atoms with Crippen LogP contribution >= 0.6 is 22.9 Å². The number of tetrazole rings is 1. The number of rotatable bonds is 2. The molecular weight excluding hydrogens is 270 g/mol. The van der Waals surface area contributed by atoms with Crippen LogP contribution in [-0.2, 0) is 0 Å². The Kier molecular flexibility index (Phi) is 2.73. The molecule has 0 bridgehead atoms. The molecule has 90 valence electrons. The summed E-state index contributed by atoms with van der Waals surface area (Å²) in [5.41, 5.74) is 7.94. The maximum absolute atomic E-state index is 6.17. The lowest BCUT2D eigenvalue weighted by atomic mass is 10.2. The topological polar surface area (TPSA) is 69.6 Å². The number of thiophene rings is 1. The van der Waals surface area contributed by atoms with E-state index in [4.69, 9.17) is 17.3 Å². The summed E-state index contributed by atoms with van der Waals surface area (Å²) in [4.78, 5) is 0. The van der Waals surface area contributed by atoms with Gasteiger partial charge in [0.2, 0.25) is 0 Å². The van der Waals surface area contributed by atoms with Crippen molar-refractivity contribution >= 4 is 28.6 Å². The molecule has 1 aromatic carbocycles. The van der Waals surface area contributed by atoms with Crippen LogP contribution in [0.4, 0.5) is 5.69 Å². The zero-order valence-electron chi connectivity index (χ0n) is 9.12. The second-order valence-corrected chi connectivity index (χ2v) is 4.82. The normalized spacial score (nSPS) is 10.7. The Labute approximate surface area is 112 Å². The van der Waals surface area contributed by atoms with Crippen LogP contribution in [0.5, 0.6) is 0 Å². The summed E-state index contributed by atoms with van der Waals surface area (Å²) in [5.74, 6) is 0.596. The van der Waals surface area contributed by atoms with Gasteiger partial charge in [-0.15, -0.1) is 5.10 Å². The van der Waals surface area contributed by atoms with Crippen molar-refractivity contribution in [2.24, 2.45) is 0 Å². The van der Waals surface area contributed by atoms with Crippen molar-refractivity contribution in [1.29, 1.82) is 0 Å². The Morgan fingerprint density at radius 3 is 2.89 bits per heavy atom. The first-order valence-corrected chi connectivity index (χ1v) is 6.44. The zero-order chi connectivity index (χ0) is 12.5. The van der Waals surface area contributed by atoms with E-state index in [1.54, 1.807) is 28.2 Å². The Balaban J connectivity index is 2.16. The molecule has 0 aliphatic heterocycles. The molecule has 2 aromatic heterocycles. The largest absolute Gasteiger partial charge is 0.399 e. The van der Waals surface area contributed by atoms with E-state index in [1.807, 2.05) is 22.9 Å². The molecule has 0 aliphatic rings. The third-order valence-corrected chi connectivity index (χ3v) is 3.44. The first kappa shape index (κ1) is 11.2. The van der Waals surface area contributed by atoms with E-state index >= 15 is 0 Å². The summed E-state index contributed by atoms with van der Waals surface area (Å²) in [6.07, 6.45) is 0. The van der Waals surface area contributed by atoms with Crippen LogP contribution in [0.25, 0.3) is 17.1 Å². The van der Waals surface area contributed by atoms with Crippen LogP contribution in [0, 0.1) is 0 Å². The Hall–Kier alpha value is -1.92. The van der Waals surface area contributed by atoms with E-state index in [0.717, 1.165) is 11.3 Å². The highest BCUT2D eigenvalue weighted by Gasteiger charge is 2.14. The van der Waals surface area contributed by atoms with Gasteiger partial charge in [-0.05, 0) is 40.1 Å². The highest BCUT2D eigenvalue weighted by Crippen LogP contribution is 2.29. The van der Waals surface area contributed by atoms with Gasteiger partial charge in [-0.2, -0.15) is 16.0 Å². The molecular formula is C11H8ClN5S. The molecule has 0 unspecified atom stereocenters. The van der Waals surface area contributed by atoms with Crippen molar-refractivity contribution in [2.75, 3.05) is 5.73 Å². The van der Waals surface area contributed by atoms with E-state index in [-0.39, 0.29) is 0 Å². The molecule has 0 spiro atoms. The highest BCUT2D eigenvalue weighted by molar-refractivity contribution is 7.08. The van der Waals surface area contributed by atoms with Crippen LogP contribution < -0.4 is 5.73 Å². The Bertz CT molecular complexity index is 677. The minimum atomic E-state index is 0.529. The SMILES string of the molecule is Nc1ccc(-c2nnnn2-c2ccsc2)c(Cl)c1. The monoisotopic (exact) mass is 277 g/mol. The molecule has 0 saturated heterocycles. The third kappa shape index (κ3) is 1.85. The molecule has 0 aliphatic carbocycles. The van der Waals surface area contributed by atoms with E-state index in [0.29, 0.717) is 16.5 Å². The van der Waals surface area contributed by atoms with Gasteiger partial charge in [0.1, 0.15) is 0 Å². The summed E-state index contributed by atoms with van der Waals surface area (Å²) in [6, 6.07) is 7.21. The number of nitrogen functional groups attached to an aromatic ring is 1. The summed E-state index contributed by atoms with van der Waals surface area (Å²) in [5, 5.41) is 16.1. The number of halogens is 1. The van der Waals surface area contributed by atoms with Gasteiger partial charge in [-0.25, -0.2) is 0 Å². The maximum Gasteiger partial charge on any atom is 0.188 e.